The molecule has 184 valence electrons. The molecule has 0 aromatic heterocycles. The van der Waals surface area contributed by atoms with Crippen molar-refractivity contribution < 1.29 is 31.4 Å². The van der Waals surface area contributed by atoms with Crippen LogP contribution in [0.1, 0.15) is 63.2 Å². The van der Waals surface area contributed by atoms with Crippen molar-refractivity contribution in [1.29, 1.82) is 0 Å². The third kappa shape index (κ3) is 26.8. The molecule has 2 N–H and O–H groups in total. The van der Waals surface area contributed by atoms with Crippen molar-refractivity contribution in [3.05, 3.63) is 0 Å². The summed E-state index contributed by atoms with van der Waals surface area (Å²) < 4.78 is 21.5. The van der Waals surface area contributed by atoms with Crippen LogP contribution in [0.4, 0.5) is 0 Å². The summed E-state index contributed by atoms with van der Waals surface area (Å²) in [6.45, 7) is 15.2. The first-order valence-electron chi connectivity index (χ1n) is 11.4. The van der Waals surface area contributed by atoms with Crippen LogP contribution in [0.2, 0.25) is 0 Å². The molecule has 0 aliphatic rings. The van der Waals surface area contributed by atoms with E-state index in [0.717, 1.165) is 19.4 Å². The molecule has 0 fully saturated rings. The second kappa shape index (κ2) is 25.8. The zero-order valence-corrected chi connectivity index (χ0v) is 19.9. The van der Waals surface area contributed by atoms with Crippen LogP contribution in [0, 0.1) is 5.92 Å². The smallest absolute Gasteiger partial charge is 0.222 e. The number of rotatable bonds is 20. The fourth-order valence-electron chi connectivity index (χ4n) is 2.14. The van der Waals surface area contributed by atoms with Gasteiger partial charge < -0.3 is 29.6 Å². The summed E-state index contributed by atoms with van der Waals surface area (Å²) in [7, 11) is 0. The highest BCUT2D eigenvalue weighted by atomic mass is 16.6. The summed E-state index contributed by atoms with van der Waals surface area (Å²) in [5.41, 5.74) is 0. The Kier molecular flexibility index (Phi) is 26.7. The predicted octanol–water partition coefficient (Wildman–Crippen LogP) is 3.04. The molecule has 0 radical (unpaired) electrons. The fraction of sp³-hybridized carbons (Fsp3) is 0.909. The van der Waals surface area contributed by atoms with E-state index in [1.54, 1.807) is 0 Å². The Bertz CT molecular complexity index is 391. The van der Waals surface area contributed by atoms with Gasteiger partial charge in [-0.2, -0.15) is 0 Å². The average Bonchev–Trinajstić information content (AvgIpc) is 2.75. The minimum absolute atomic E-state index is 0. The standard InChI is InChI=1S/C20H40N2O6.C2H6.2H2/c1-4-19(23)22-9-11-26-13-15-28-17-16-27-14-12-25-10-7-20(24)21-8-5-6-18(2)3;1-2;;/h18H,4-17H2,1-3H3,(H,21,24)(H,22,23);1-2H3;2*1H. The Labute approximate surface area is 186 Å². The van der Waals surface area contributed by atoms with Gasteiger partial charge in [-0.1, -0.05) is 34.6 Å². The first-order valence-corrected chi connectivity index (χ1v) is 11.4. The zero-order chi connectivity index (χ0) is 22.9. The molecule has 2 amide bonds. The highest BCUT2D eigenvalue weighted by Gasteiger charge is 2.01. The van der Waals surface area contributed by atoms with Gasteiger partial charge in [0.2, 0.25) is 11.8 Å². The summed E-state index contributed by atoms with van der Waals surface area (Å²) in [5.74, 6) is 0.735. The van der Waals surface area contributed by atoms with E-state index in [1.165, 1.54) is 0 Å². The predicted molar refractivity (Wildman–Crippen MR) is 124 cm³/mol. The molecule has 0 aromatic carbocycles. The minimum Gasteiger partial charge on any atom is -0.379 e. The second-order valence-electron chi connectivity index (χ2n) is 6.79. The van der Waals surface area contributed by atoms with Crippen molar-refractivity contribution in [2.75, 3.05) is 65.9 Å². The Morgan fingerprint density at radius 3 is 1.70 bits per heavy atom. The van der Waals surface area contributed by atoms with Gasteiger partial charge in [0, 0.05) is 28.8 Å². The van der Waals surface area contributed by atoms with Crippen LogP contribution in [0.15, 0.2) is 0 Å². The van der Waals surface area contributed by atoms with E-state index in [1.807, 2.05) is 20.8 Å². The van der Waals surface area contributed by atoms with E-state index in [-0.39, 0.29) is 14.7 Å². The van der Waals surface area contributed by atoms with Gasteiger partial charge in [0.1, 0.15) is 0 Å². The van der Waals surface area contributed by atoms with Crippen molar-refractivity contribution in [3.63, 3.8) is 0 Å². The maximum atomic E-state index is 11.6. The van der Waals surface area contributed by atoms with E-state index in [2.05, 4.69) is 24.5 Å². The summed E-state index contributed by atoms with van der Waals surface area (Å²) in [6, 6.07) is 0. The van der Waals surface area contributed by atoms with Gasteiger partial charge in [-0.25, -0.2) is 0 Å². The van der Waals surface area contributed by atoms with Crippen LogP contribution >= 0.6 is 0 Å². The SMILES string of the molecule is CC.CCC(=O)NCCOCCOCCOCCOCCC(=O)NCCCC(C)C.[HH].[HH]. The van der Waals surface area contributed by atoms with Crippen LogP contribution in [-0.2, 0) is 28.5 Å². The molecule has 0 spiro atoms. The lowest BCUT2D eigenvalue weighted by Gasteiger charge is -2.08. The number of carbonyl (C=O) groups excluding carboxylic acids is 2. The maximum absolute atomic E-state index is 11.6. The van der Waals surface area contributed by atoms with E-state index < -0.39 is 0 Å². The van der Waals surface area contributed by atoms with Crippen LogP contribution in [0.5, 0.6) is 0 Å². The van der Waals surface area contributed by atoms with Crippen molar-refractivity contribution in [2.45, 2.75) is 60.3 Å². The minimum atomic E-state index is 0. The third-order valence-electron chi connectivity index (χ3n) is 3.76. The highest BCUT2D eigenvalue weighted by Crippen LogP contribution is 2.01. The molecule has 0 atom stereocenters. The molecule has 0 aliphatic carbocycles. The highest BCUT2D eigenvalue weighted by molar-refractivity contribution is 5.76. The molecule has 0 saturated heterocycles. The first-order chi connectivity index (χ1) is 14.6. The van der Waals surface area contributed by atoms with E-state index >= 15 is 0 Å². The second-order valence-corrected chi connectivity index (χ2v) is 6.79. The first kappa shape index (κ1) is 31.0. The fourth-order valence-corrected chi connectivity index (χ4v) is 2.14. The third-order valence-corrected chi connectivity index (χ3v) is 3.76. The van der Waals surface area contributed by atoms with Gasteiger partial charge >= 0.3 is 0 Å². The molecule has 0 saturated carbocycles. The summed E-state index contributed by atoms with van der Waals surface area (Å²) in [4.78, 5) is 22.6. The van der Waals surface area contributed by atoms with Crippen molar-refractivity contribution in [2.24, 2.45) is 5.92 Å². The molecule has 0 unspecified atom stereocenters. The molecule has 0 heterocycles. The largest absolute Gasteiger partial charge is 0.379 e. The van der Waals surface area contributed by atoms with Crippen molar-refractivity contribution in [3.8, 4) is 0 Å². The Morgan fingerprint density at radius 1 is 0.733 bits per heavy atom. The maximum Gasteiger partial charge on any atom is 0.222 e. The van der Waals surface area contributed by atoms with Gasteiger partial charge in [0.05, 0.1) is 52.9 Å². The Morgan fingerprint density at radius 2 is 1.20 bits per heavy atom. The lowest BCUT2D eigenvalue weighted by atomic mass is 10.1. The lowest BCUT2D eigenvalue weighted by Crippen LogP contribution is -2.26. The molecule has 0 aliphatic heterocycles. The number of amides is 2. The molecule has 0 bridgehead atoms. The Balaban J connectivity index is -0.000000950. The molecular weight excluding hydrogens is 388 g/mol. The van der Waals surface area contributed by atoms with Gasteiger partial charge in [-0.05, 0) is 18.8 Å². The van der Waals surface area contributed by atoms with Gasteiger partial charge in [-0.15, -0.1) is 0 Å². The number of hydrogen-bond acceptors (Lipinski definition) is 6. The summed E-state index contributed by atoms with van der Waals surface area (Å²) in [6.07, 6.45) is 3.02. The normalized spacial score (nSPS) is 10.5. The van der Waals surface area contributed by atoms with Gasteiger partial charge in [-0.3, -0.25) is 9.59 Å². The topological polar surface area (TPSA) is 95.1 Å². The summed E-state index contributed by atoms with van der Waals surface area (Å²) >= 11 is 0. The van der Waals surface area contributed by atoms with Crippen molar-refractivity contribution in [1.82, 2.24) is 10.6 Å². The molecule has 0 aromatic rings. The van der Waals surface area contributed by atoms with Crippen LogP contribution in [0.3, 0.4) is 0 Å². The monoisotopic (exact) mass is 438 g/mol. The van der Waals surface area contributed by atoms with Crippen LogP contribution < -0.4 is 10.6 Å². The molecule has 8 nitrogen and oxygen atoms in total. The molecule has 8 heteroatoms. The van der Waals surface area contributed by atoms with Crippen LogP contribution in [0.25, 0.3) is 0 Å². The van der Waals surface area contributed by atoms with Crippen molar-refractivity contribution >= 4 is 11.8 Å². The van der Waals surface area contributed by atoms with Gasteiger partial charge in [0.25, 0.3) is 0 Å². The summed E-state index contributed by atoms with van der Waals surface area (Å²) in [5, 5.41) is 5.63. The number of ether oxygens (including phenoxy) is 4. The molecular formula is C22H50N2O6. The number of nitrogens with one attached hydrogen (secondary N) is 2. The quantitative estimate of drug-likeness (QED) is 0.284. The zero-order valence-electron chi connectivity index (χ0n) is 19.9. The van der Waals surface area contributed by atoms with Crippen LogP contribution in [-0.4, -0.2) is 77.8 Å². The van der Waals surface area contributed by atoms with E-state index in [0.29, 0.717) is 78.2 Å². The van der Waals surface area contributed by atoms with E-state index in [9.17, 15) is 9.59 Å². The molecule has 30 heavy (non-hydrogen) atoms. The van der Waals surface area contributed by atoms with Gasteiger partial charge in [0.15, 0.2) is 0 Å². The van der Waals surface area contributed by atoms with E-state index in [4.69, 9.17) is 18.9 Å². The average molecular weight is 439 g/mol. The molecule has 0 rings (SSSR count). The number of hydrogen-bond donors (Lipinski definition) is 2. The Hall–Kier alpha value is -1.22. The lowest BCUT2D eigenvalue weighted by molar-refractivity contribution is -0.122. The number of carbonyl (C=O) groups is 2.